The molecule has 0 aliphatic heterocycles. The molecule has 11 heteroatoms. The highest BCUT2D eigenvalue weighted by molar-refractivity contribution is 7.88. The molecule has 0 spiro atoms. The fourth-order valence-corrected chi connectivity index (χ4v) is 5.65. The van der Waals surface area contributed by atoms with Gasteiger partial charge in [0.2, 0.25) is 16.0 Å². The van der Waals surface area contributed by atoms with Gasteiger partial charge in [-0.15, -0.1) is 0 Å². The van der Waals surface area contributed by atoms with Crippen molar-refractivity contribution in [1.29, 1.82) is 0 Å². The lowest BCUT2D eigenvalue weighted by Gasteiger charge is -2.30. The number of anilines is 2. The zero-order chi connectivity index (χ0) is 26.0. The Morgan fingerprint density at radius 3 is 2.46 bits per heavy atom. The van der Waals surface area contributed by atoms with E-state index in [2.05, 4.69) is 15.0 Å². The van der Waals surface area contributed by atoms with Gasteiger partial charge in [-0.25, -0.2) is 32.5 Å². The minimum Gasteiger partial charge on any atom is -0.497 e. The molecule has 0 unspecified atom stereocenters. The van der Waals surface area contributed by atoms with E-state index in [4.69, 9.17) is 14.7 Å². The molecule has 2 heterocycles. The van der Waals surface area contributed by atoms with Gasteiger partial charge in [0.1, 0.15) is 22.9 Å². The number of aromatic nitrogens is 4. The summed E-state index contributed by atoms with van der Waals surface area (Å²) in [7, 11) is -1.65. The number of hydrogen-bond donors (Lipinski definition) is 2. The van der Waals surface area contributed by atoms with Crippen LogP contribution in [0.1, 0.15) is 43.1 Å². The molecule has 1 aliphatic carbocycles. The molecule has 0 saturated heterocycles. The maximum atomic E-state index is 14.5. The molecule has 194 valence electrons. The average molecular weight is 525 g/mol. The maximum Gasteiger partial charge on any atom is 0.210 e. The Labute approximate surface area is 215 Å². The fraction of sp³-hybridized carbons (Fsp3) is 0.346. The molecule has 2 aromatic carbocycles. The molecule has 1 fully saturated rings. The number of sulfonamides is 1. The molecule has 2 aromatic heterocycles. The Morgan fingerprint density at radius 1 is 1.05 bits per heavy atom. The van der Waals surface area contributed by atoms with E-state index in [0.29, 0.717) is 47.9 Å². The molecule has 2 N–H and O–H groups in total. The summed E-state index contributed by atoms with van der Waals surface area (Å²) in [5.74, 6) is 1.52. The van der Waals surface area contributed by atoms with Gasteiger partial charge in [-0.05, 0) is 55.5 Å². The molecule has 0 bridgehead atoms. The Kier molecular flexibility index (Phi) is 7.07. The van der Waals surface area contributed by atoms with Crippen LogP contribution in [0.5, 0.6) is 5.75 Å². The minimum atomic E-state index is -3.27. The molecule has 37 heavy (non-hydrogen) atoms. The third-order valence-corrected chi connectivity index (χ3v) is 7.33. The Bertz CT molecular complexity index is 1500. The molecule has 0 amide bonds. The lowest BCUT2D eigenvalue weighted by Crippen LogP contribution is -2.37. The highest BCUT2D eigenvalue weighted by Gasteiger charge is 2.28. The Balaban J connectivity index is 1.48. The number of nitrogens with one attached hydrogen (secondary N) is 2. The van der Waals surface area contributed by atoms with Crippen molar-refractivity contribution in [3.05, 3.63) is 71.9 Å². The number of fused-ring (bicyclic) bond motifs is 1. The lowest BCUT2D eigenvalue weighted by atomic mass is 9.91. The van der Waals surface area contributed by atoms with Crippen molar-refractivity contribution >= 4 is 32.8 Å². The third-order valence-electron chi connectivity index (χ3n) is 6.57. The summed E-state index contributed by atoms with van der Waals surface area (Å²) >= 11 is 0. The molecular weight excluding hydrogens is 495 g/mol. The molecule has 1 saturated carbocycles. The van der Waals surface area contributed by atoms with Gasteiger partial charge >= 0.3 is 0 Å². The van der Waals surface area contributed by atoms with Crippen molar-refractivity contribution in [2.24, 2.45) is 0 Å². The standard InChI is InChI=1S/C26H29FN6O3S/c1-36-20-13-7-17(8-14-20)15-24-28-16-23-25(31-24)33(19-11-9-18(10-12-19)32-37(2,34)35)26(30-23)29-22-6-4-3-5-21(22)27/h3-8,13-14,16,18-19,32H,9-12,15H2,1-2H3,(H,29,30). The zero-order valence-corrected chi connectivity index (χ0v) is 21.5. The highest BCUT2D eigenvalue weighted by Crippen LogP contribution is 2.35. The van der Waals surface area contributed by atoms with Gasteiger partial charge in [0.15, 0.2) is 5.65 Å². The van der Waals surface area contributed by atoms with Crippen molar-refractivity contribution in [3.63, 3.8) is 0 Å². The summed E-state index contributed by atoms with van der Waals surface area (Å²) in [6, 6.07) is 14.1. The van der Waals surface area contributed by atoms with Crippen LogP contribution < -0.4 is 14.8 Å². The molecule has 5 rings (SSSR count). The first kappa shape index (κ1) is 25.1. The predicted octanol–water partition coefficient (Wildman–Crippen LogP) is 4.34. The van der Waals surface area contributed by atoms with Crippen LogP contribution in [0.25, 0.3) is 11.2 Å². The molecule has 1 aliphatic rings. The van der Waals surface area contributed by atoms with E-state index in [1.165, 1.54) is 12.3 Å². The summed E-state index contributed by atoms with van der Waals surface area (Å²) in [6.45, 7) is 0. The van der Waals surface area contributed by atoms with Crippen LogP contribution in [0, 0.1) is 5.82 Å². The maximum absolute atomic E-state index is 14.5. The smallest absolute Gasteiger partial charge is 0.210 e. The summed E-state index contributed by atoms with van der Waals surface area (Å²) in [6.07, 6.45) is 6.22. The first-order valence-corrected chi connectivity index (χ1v) is 14.0. The number of halogens is 1. The van der Waals surface area contributed by atoms with Crippen LogP contribution in [0.2, 0.25) is 0 Å². The number of nitrogens with zero attached hydrogens (tertiary/aromatic N) is 4. The van der Waals surface area contributed by atoms with Crippen LogP contribution in [0.4, 0.5) is 16.0 Å². The summed E-state index contributed by atoms with van der Waals surface area (Å²) in [5.41, 5.74) is 2.63. The van der Waals surface area contributed by atoms with Crippen molar-refractivity contribution < 1.29 is 17.5 Å². The molecular formula is C26H29FN6O3S. The monoisotopic (exact) mass is 524 g/mol. The number of imidazole rings is 1. The second kappa shape index (κ2) is 10.4. The van der Waals surface area contributed by atoms with E-state index in [1.54, 1.807) is 31.5 Å². The molecule has 9 nitrogen and oxygen atoms in total. The van der Waals surface area contributed by atoms with Gasteiger partial charge in [0.05, 0.1) is 25.2 Å². The molecule has 0 radical (unpaired) electrons. The summed E-state index contributed by atoms with van der Waals surface area (Å²) in [5, 5.41) is 3.14. The zero-order valence-electron chi connectivity index (χ0n) is 20.7. The van der Waals surface area contributed by atoms with E-state index in [0.717, 1.165) is 24.2 Å². The van der Waals surface area contributed by atoms with Gasteiger partial charge < -0.3 is 10.1 Å². The minimum absolute atomic E-state index is 0.0145. The molecule has 0 atom stereocenters. The van der Waals surface area contributed by atoms with E-state index in [9.17, 15) is 12.8 Å². The number of methoxy groups -OCH3 is 1. The van der Waals surface area contributed by atoms with E-state index < -0.39 is 10.0 Å². The third kappa shape index (κ3) is 5.89. The van der Waals surface area contributed by atoms with Gasteiger partial charge in [-0.1, -0.05) is 24.3 Å². The lowest BCUT2D eigenvalue weighted by molar-refractivity contribution is 0.317. The van der Waals surface area contributed by atoms with Crippen LogP contribution in [-0.2, 0) is 16.4 Å². The van der Waals surface area contributed by atoms with Crippen molar-refractivity contribution in [1.82, 2.24) is 24.2 Å². The second-order valence-corrected chi connectivity index (χ2v) is 11.1. The van der Waals surface area contributed by atoms with Crippen LogP contribution in [-0.4, -0.2) is 47.3 Å². The van der Waals surface area contributed by atoms with Crippen LogP contribution >= 0.6 is 0 Å². The van der Waals surface area contributed by atoms with E-state index >= 15 is 0 Å². The predicted molar refractivity (Wildman–Crippen MR) is 140 cm³/mol. The number of benzene rings is 2. The van der Waals surface area contributed by atoms with Crippen LogP contribution in [0.15, 0.2) is 54.7 Å². The number of hydrogen-bond acceptors (Lipinski definition) is 7. The topological polar surface area (TPSA) is 111 Å². The van der Waals surface area contributed by atoms with Gasteiger partial charge in [-0.3, -0.25) is 4.57 Å². The first-order valence-electron chi connectivity index (χ1n) is 12.1. The largest absolute Gasteiger partial charge is 0.497 e. The quantitative estimate of drug-likeness (QED) is 0.353. The summed E-state index contributed by atoms with van der Waals surface area (Å²) < 4.78 is 47.8. The van der Waals surface area contributed by atoms with Crippen molar-refractivity contribution in [2.75, 3.05) is 18.7 Å². The first-order chi connectivity index (χ1) is 17.8. The number of para-hydroxylation sites is 1. The normalized spacial score (nSPS) is 18.1. The molecule has 4 aromatic rings. The second-order valence-electron chi connectivity index (χ2n) is 9.33. The van der Waals surface area contributed by atoms with Crippen molar-refractivity contribution in [2.45, 2.75) is 44.2 Å². The highest BCUT2D eigenvalue weighted by atomic mass is 32.2. The Hall–Kier alpha value is -3.57. The number of ether oxygens (including phenoxy) is 1. The SMILES string of the molecule is COc1ccc(Cc2ncc3nc(Nc4ccccc4F)n(C4CCC(NS(C)(=O)=O)CC4)c3n2)cc1. The van der Waals surface area contributed by atoms with Gasteiger partial charge in [0, 0.05) is 18.5 Å². The van der Waals surface area contributed by atoms with Gasteiger partial charge in [-0.2, -0.15) is 0 Å². The Morgan fingerprint density at radius 2 is 1.78 bits per heavy atom. The van der Waals surface area contributed by atoms with Gasteiger partial charge in [0.25, 0.3) is 0 Å². The van der Waals surface area contributed by atoms with E-state index in [-0.39, 0.29) is 17.9 Å². The number of rotatable bonds is 8. The van der Waals surface area contributed by atoms with Crippen LogP contribution in [0.3, 0.4) is 0 Å². The van der Waals surface area contributed by atoms with E-state index in [1.807, 2.05) is 28.8 Å². The summed E-state index contributed by atoms with van der Waals surface area (Å²) in [4.78, 5) is 14.1. The average Bonchev–Trinajstić information content (AvgIpc) is 3.22. The van der Waals surface area contributed by atoms with Crippen molar-refractivity contribution in [3.8, 4) is 5.75 Å². The fourth-order valence-electron chi connectivity index (χ4n) is 4.81.